The van der Waals surface area contributed by atoms with Crippen LogP contribution in [-0.2, 0) is 0 Å². The van der Waals surface area contributed by atoms with E-state index in [0.717, 1.165) is 25.6 Å². The van der Waals surface area contributed by atoms with Crippen molar-refractivity contribution >= 4 is 5.69 Å². The zero-order valence-electron chi connectivity index (χ0n) is 14.3. The number of nitrogens with zero attached hydrogens (tertiary/aromatic N) is 1. The molecular formula is C19H32N2. The molecule has 1 saturated carbocycles. The topological polar surface area (TPSA) is 15.3 Å². The average molecular weight is 288 g/mol. The predicted molar refractivity (Wildman–Crippen MR) is 93.1 cm³/mol. The van der Waals surface area contributed by atoms with Crippen LogP contribution in [0.3, 0.4) is 0 Å². The molecule has 0 spiro atoms. The Balaban J connectivity index is 2.07. The van der Waals surface area contributed by atoms with E-state index in [4.69, 9.17) is 0 Å². The van der Waals surface area contributed by atoms with E-state index in [9.17, 15) is 0 Å². The Bertz CT molecular complexity index is 427. The second kappa shape index (κ2) is 7.31. The summed E-state index contributed by atoms with van der Waals surface area (Å²) in [4.78, 5) is 2.46. The summed E-state index contributed by atoms with van der Waals surface area (Å²) in [6, 6.07) is 8.88. The molecule has 1 aromatic carbocycles. The summed E-state index contributed by atoms with van der Waals surface area (Å²) in [6.45, 7) is 10.2. The fourth-order valence-electron chi connectivity index (χ4n) is 3.62. The molecular weight excluding hydrogens is 256 g/mol. The standard InChI is InChI=1S/C19H32N2/c1-5-20-14-19(11-9-16(2)10-12-19)15-21(4)18-8-6-7-17(3)13-18/h6-8,13,16,20H,5,9-12,14-15H2,1-4H3. The second-order valence-corrected chi connectivity index (χ2v) is 7.16. The van der Waals surface area contributed by atoms with Gasteiger partial charge in [-0.1, -0.05) is 38.8 Å². The highest BCUT2D eigenvalue weighted by molar-refractivity contribution is 5.47. The molecule has 1 aromatic rings. The van der Waals surface area contributed by atoms with Crippen LogP contribution >= 0.6 is 0 Å². The Morgan fingerprint density at radius 1 is 1.29 bits per heavy atom. The molecule has 118 valence electrons. The highest BCUT2D eigenvalue weighted by atomic mass is 15.1. The monoisotopic (exact) mass is 288 g/mol. The Morgan fingerprint density at radius 2 is 2.00 bits per heavy atom. The molecule has 0 bridgehead atoms. The number of hydrogen-bond donors (Lipinski definition) is 1. The molecule has 2 rings (SSSR count). The fourth-order valence-corrected chi connectivity index (χ4v) is 3.62. The summed E-state index contributed by atoms with van der Waals surface area (Å²) >= 11 is 0. The van der Waals surface area contributed by atoms with Gasteiger partial charge in [0.25, 0.3) is 0 Å². The van der Waals surface area contributed by atoms with Crippen molar-refractivity contribution in [2.45, 2.75) is 46.5 Å². The molecule has 0 heterocycles. The zero-order valence-corrected chi connectivity index (χ0v) is 14.3. The second-order valence-electron chi connectivity index (χ2n) is 7.16. The third-order valence-corrected chi connectivity index (χ3v) is 5.10. The van der Waals surface area contributed by atoms with Gasteiger partial charge in [0.2, 0.25) is 0 Å². The number of aryl methyl sites for hydroxylation is 1. The Kier molecular flexibility index (Phi) is 5.69. The molecule has 1 fully saturated rings. The van der Waals surface area contributed by atoms with Gasteiger partial charge in [-0.25, -0.2) is 0 Å². The van der Waals surface area contributed by atoms with Crippen molar-refractivity contribution in [3.8, 4) is 0 Å². The molecule has 0 saturated heterocycles. The smallest absolute Gasteiger partial charge is 0.0366 e. The van der Waals surface area contributed by atoms with Gasteiger partial charge in [0, 0.05) is 31.2 Å². The van der Waals surface area contributed by atoms with Crippen molar-refractivity contribution in [2.24, 2.45) is 11.3 Å². The van der Waals surface area contributed by atoms with Crippen LogP contribution in [0.5, 0.6) is 0 Å². The first-order valence-corrected chi connectivity index (χ1v) is 8.53. The van der Waals surface area contributed by atoms with Gasteiger partial charge < -0.3 is 10.2 Å². The van der Waals surface area contributed by atoms with E-state index in [1.165, 1.54) is 36.9 Å². The number of nitrogens with one attached hydrogen (secondary N) is 1. The lowest BCUT2D eigenvalue weighted by molar-refractivity contribution is 0.158. The normalized spacial score (nSPS) is 25.8. The minimum atomic E-state index is 0.445. The molecule has 0 unspecified atom stereocenters. The van der Waals surface area contributed by atoms with Crippen LogP contribution in [0.4, 0.5) is 5.69 Å². The predicted octanol–water partition coefficient (Wildman–Crippen LogP) is 4.24. The third-order valence-electron chi connectivity index (χ3n) is 5.10. The van der Waals surface area contributed by atoms with Crippen LogP contribution in [0.2, 0.25) is 0 Å². The Morgan fingerprint density at radius 3 is 2.62 bits per heavy atom. The lowest BCUT2D eigenvalue weighted by Gasteiger charge is -2.42. The van der Waals surface area contributed by atoms with E-state index >= 15 is 0 Å². The maximum absolute atomic E-state index is 3.62. The highest BCUT2D eigenvalue weighted by Crippen LogP contribution is 2.39. The van der Waals surface area contributed by atoms with Crippen LogP contribution in [0, 0.1) is 18.3 Å². The quantitative estimate of drug-likeness (QED) is 0.842. The first-order valence-electron chi connectivity index (χ1n) is 8.53. The van der Waals surface area contributed by atoms with E-state index in [0.29, 0.717) is 5.41 Å². The van der Waals surface area contributed by atoms with Crippen molar-refractivity contribution in [3.63, 3.8) is 0 Å². The van der Waals surface area contributed by atoms with E-state index in [2.05, 4.69) is 62.3 Å². The highest BCUT2D eigenvalue weighted by Gasteiger charge is 2.34. The van der Waals surface area contributed by atoms with Gasteiger partial charge >= 0.3 is 0 Å². The number of benzene rings is 1. The van der Waals surface area contributed by atoms with E-state index in [1.54, 1.807) is 0 Å². The van der Waals surface area contributed by atoms with Crippen molar-refractivity contribution in [2.75, 3.05) is 31.6 Å². The zero-order chi connectivity index (χ0) is 15.3. The van der Waals surface area contributed by atoms with E-state index < -0.39 is 0 Å². The average Bonchev–Trinajstić information content (AvgIpc) is 2.48. The van der Waals surface area contributed by atoms with Gasteiger partial charge in [-0.15, -0.1) is 0 Å². The first-order chi connectivity index (χ1) is 10.0. The van der Waals surface area contributed by atoms with Crippen LogP contribution in [-0.4, -0.2) is 26.7 Å². The van der Waals surface area contributed by atoms with Gasteiger partial charge in [-0.05, 0) is 49.9 Å². The fraction of sp³-hybridized carbons (Fsp3) is 0.684. The van der Waals surface area contributed by atoms with Crippen LogP contribution in [0.25, 0.3) is 0 Å². The maximum atomic E-state index is 3.62. The summed E-state index contributed by atoms with van der Waals surface area (Å²) in [5.74, 6) is 0.907. The SMILES string of the molecule is CCNCC1(CN(C)c2cccc(C)c2)CCC(C)CC1. The lowest BCUT2D eigenvalue weighted by atomic mass is 9.70. The molecule has 0 atom stereocenters. The Hall–Kier alpha value is -1.02. The van der Waals surface area contributed by atoms with Crippen molar-refractivity contribution in [3.05, 3.63) is 29.8 Å². The van der Waals surface area contributed by atoms with Crippen LogP contribution < -0.4 is 10.2 Å². The van der Waals surface area contributed by atoms with Gasteiger partial charge in [0.05, 0.1) is 0 Å². The molecule has 2 heteroatoms. The van der Waals surface area contributed by atoms with E-state index in [-0.39, 0.29) is 0 Å². The van der Waals surface area contributed by atoms with Gasteiger partial charge in [-0.3, -0.25) is 0 Å². The molecule has 1 aliphatic carbocycles. The molecule has 0 aromatic heterocycles. The number of rotatable bonds is 6. The number of hydrogen-bond acceptors (Lipinski definition) is 2. The minimum Gasteiger partial charge on any atom is -0.374 e. The molecule has 0 radical (unpaired) electrons. The molecule has 0 aliphatic heterocycles. The Labute approximate surface area is 130 Å². The summed E-state index contributed by atoms with van der Waals surface area (Å²) in [6.07, 6.45) is 5.48. The van der Waals surface area contributed by atoms with Gasteiger partial charge in [-0.2, -0.15) is 0 Å². The lowest BCUT2D eigenvalue weighted by Crippen LogP contribution is -2.45. The minimum absolute atomic E-state index is 0.445. The van der Waals surface area contributed by atoms with Crippen molar-refractivity contribution in [1.29, 1.82) is 0 Å². The molecule has 0 amide bonds. The molecule has 1 aliphatic rings. The van der Waals surface area contributed by atoms with Gasteiger partial charge in [0.15, 0.2) is 0 Å². The summed E-state index contributed by atoms with van der Waals surface area (Å²) < 4.78 is 0. The molecule has 1 N–H and O–H groups in total. The van der Waals surface area contributed by atoms with Crippen LogP contribution in [0.15, 0.2) is 24.3 Å². The first kappa shape index (κ1) is 16.4. The third kappa shape index (κ3) is 4.47. The molecule has 2 nitrogen and oxygen atoms in total. The summed E-state index contributed by atoms with van der Waals surface area (Å²) in [5.41, 5.74) is 3.14. The summed E-state index contributed by atoms with van der Waals surface area (Å²) in [7, 11) is 2.25. The largest absolute Gasteiger partial charge is 0.374 e. The maximum Gasteiger partial charge on any atom is 0.0366 e. The summed E-state index contributed by atoms with van der Waals surface area (Å²) in [5, 5.41) is 3.62. The van der Waals surface area contributed by atoms with Crippen molar-refractivity contribution in [1.82, 2.24) is 5.32 Å². The van der Waals surface area contributed by atoms with Gasteiger partial charge in [0.1, 0.15) is 0 Å². The van der Waals surface area contributed by atoms with E-state index in [1.807, 2.05) is 0 Å². The molecule has 21 heavy (non-hydrogen) atoms. The number of anilines is 1. The van der Waals surface area contributed by atoms with Crippen molar-refractivity contribution < 1.29 is 0 Å². The van der Waals surface area contributed by atoms with Crippen LogP contribution in [0.1, 0.15) is 45.1 Å².